The number of hydrogen-bond acceptors (Lipinski definition) is 5. The average Bonchev–Trinajstić information content (AvgIpc) is 3.27. The molecule has 3 N–H and O–H groups in total. The molecule has 0 atom stereocenters. The Kier molecular flexibility index (Phi) is 4.15. The number of rotatable bonds is 3. The molecule has 0 saturated heterocycles. The highest BCUT2D eigenvalue weighted by Crippen LogP contribution is 2.40. The molecule has 6 nitrogen and oxygen atoms in total. The minimum Gasteiger partial charge on any atom is -0.393 e. The summed E-state index contributed by atoms with van der Waals surface area (Å²) >= 11 is 0. The Morgan fingerprint density at radius 2 is 1.81 bits per heavy atom. The van der Waals surface area contributed by atoms with Gasteiger partial charge in [-0.05, 0) is 42.5 Å². The number of hydrogen-bond donors (Lipinski definition) is 2. The van der Waals surface area contributed by atoms with Gasteiger partial charge in [-0.1, -0.05) is 48.5 Å². The average molecular weight is 422 g/mol. The first-order valence-electron chi connectivity index (χ1n) is 10.8. The van der Waals surface area contributed by atoms with Crippen molar-refractivity contribution in [1.29, 1.82) is 0 Å². The van der Waals surface area contributed by atoms with Crippen LogP contribution in [0.4, 0.5) is 0 Å². The second kappa shape index (κ2) is 6.95. The number of aliphatic hydroxyl groups excluding tert-OH is 1. The number of benzene rings is 2. The van der Waals surface area contributed by atoms with Crippen LogP contribution in [0.15, 0.2) is 73.1 Å². The maximum atomic E-state index is 9.73. The van der Waals surface area contributed by atoms with Crippen molar-refractivity contribution in [2.24, 2.45) is 5.73 Å². The van der Waals surface area contributed by atoms with Crippen LogP contribution in [0.5, 0.6) is 0 Å². The highest BCUT2D eigenvalue weighted by molar-refractivity contribution is 5.91. The number of aromatic nitrogens is 4. The van der Waals surface area contributed by atoms with Crippen molar-refractivity contribution in [3.63, 3.8) is 0 Å². The molecule has 0 spiro atoms. The van der Waals surface area contributed by atoms with Crippen molar-refractivity contribution in [2.75, 3.05) is 0 Å². The second-order valence-electron chi connectivity index (χ2n) is 8.77. The number of nitrogens with zero attached hydrogens (tertiary/aromatic N) is 4. The van der Waals surface area contributed by atoms with E-state index in [0.717, 1.165) is 44.6 Å². The second-order valence-corrected chi connectivity index (χ2v) is 8.77. The minimum absolute atomic E-state index is 0.306. The SMILES string of the molecule is Cc1ccccc1-c1cc2cnc3ccnn3c2nc1-c1ccc(C2(N)CC(O)C2)cc1. The van der Waals surface area contributed by atoms with Gasteiger partial charge in [-0.3, -0.25) is 0 Å². The van der Waals surface area contributed by atoms with Gasteiger partial charge in [0.25, 0.3) is 0 Å². The first-order valence-corrected chi connectivity index (χ1v) is 10.8. The van der Waals surface area contributed by atoms with Crippen molar-refractivity contribution in [3.8, 4) is 22.4 Å². The van der Waals surface area contributed by atoms with Gasteiger partial charge < -0.3 is 10.8 Å². The maximum Gasteiger partial charge on any atom is 0.165 e. The van der Waals surface area contributed by atoms with Crippen molar-refractivity contribution >= 4 is 16.7 Å². The van der Waals surface area contributed by atoms with Gasteiger partial charge in [0.1, 0.15) is 0 Å². The highest BCUT2D eigenvalue weighted by atomic mass is 16.3. The summed E-state index contributed by atoms with van der Waals surface area (Å²) in [5.74, 6) is 0. The molecule has 0 unspecified atom stereocenters. The molecular weight excluding hydrogens is 398 g/mol. The van der Waals surface area contributed by atoms with Crippen molar-refractivity contribution in [3.05, 3.63) is 84.2 Å². The Bertz CT molecular complexity index is 1470. The fourth-order valence-electron chi connectivity index (χ4n) is 4.75. The lowest BCUT2D eigenvalue weighted by molar-refractivity contribution is 0.0209. The number of aliphatic hydroxyl groups is 1. The molecule has 0 bridgehead atoms. The van der Waals surface area contributed by atoms with Gasteiger partial charge in [0.2, 0.25) is 0 Å². The van der Waals surface area contributed by atoms with E-state index in [9.17, 15) is 5.11 Å². The molecule has 6 heteroatoms. The smallest absolute Gasteiger partial charge is 0.165 e. The molecule has 5 aromatic rings. The van der Waals surface area contributed by atoms with Gasteiger partial charge in [0, 0.05) is 34.3 Å². The third kappa shape index (κ3) is 2.92. The quantitative estimate of drug-likeness (QED) is 0.455. The topological polar surface area (TPSA) is 89.3 Å². The summed E-state index contributed by atoms with van der Waals surface area (Å²) in [6.07, 6.45) is 4.48. The minimum atomic E-state index is -0.444. The molecule has 3 heterocycles. The zero-order valence-electron chi connectivity index (χ0n) is 17.7. The van der Waals surface area contributed by atoms with E-state index in [4.69, 9.17) is 10.7 Å². The molecule has 32 heavy (non-hydrogen) atoms. The Labute approximate surface area is 185 Å². The summed E-state index contributed by atoms with van der Waals surface area (Å²) in [4.78, 5) is 9.61. The van der Waals surface area contributed by atoms with Crippen LogP contribution < -0.4 is 5.73 Å². The van der Waals surface area contributed by atoms with Gasteiger partial charge in [0.05, 0.1) is 18.0 Å². The monoisotopic (exact) mass is 421 g/mol. The standard InChI is InChI=1S/C26H23N5O/c1-16-4-2-3-5-21(16)22-12-18-15-28-23-10-11-29-31(23)25(18)30-24(22)17-6-8-19(9-7-17)26(27)13-20(32)14-26/h2-12,15,20,32H,13-14,27H2,1H3. The van der Waals surface area contributed by atoms with Crippen LogP contribution in [0, 0.1) is 6.92 Å². The predicted molar refractivity (Wildman–Crippen MR) is 125 cm³/mol. The largest absolute Gasteiger partial charge is 0.393 e. The molecule has 2 aromatic carbocycles. The zero-order chi connectivity index (χ0) is 21.9. The van der Waals surface area contributed by atoms with Crippen LogP contribution >= 0.6 is 0 Å². The van der Waals surface area contributed by atoms with Crippen LogP contribution in [-0.4, -0.2) is 30.8 Å². The van der Waals surface area contributed by atoms with E-state index in [1.54, 1.807) is 10.7 Å². The van der Waals surface area contributed by atoms with Gasteiger partial charge in [-0.25, -0.2) is 9.97 Å². The van der Waals surface area contributed by atoms with Crippen molar-refractivity contribution < 1.29 is 5.11 Å². The lowest BCUT2D eigenvalue weighted by Gasteiger charge is -2.42. The molecule has 1 aliphatic carbocycles. The molecule has 0 aliphatic heterocycles. The molecular formula is C26H23N5O. The van der Waals surface area contributed by atoms with E-state index >= 15 is 0 Å². The molecule has 6 rings (SSSR count). The first-order chi connectivity index (χ1) is 15.5. The van der Waals surface area contributed by atoms with Crippen LogP contribution in [0.1, 0.15) is 24.0 Å². The summed E-state index contributed by atoms with van der Waals surface area (Å²) < 4.78 is 1.78. The van der Waals surface area contributed by atoms with E-state index < -0.39 is 5.54 Å². The molecule has 0 amide bonds. The molecule has 3 aromatic heterocycles. The third-order valence-electron chi connectivity index (χ3n) is 6.56. The molecule has 1 fully saturated rings. The summed E-state index contributed by atoms with van der Waals surface area (Å²) in [5, 5.41) is 15.1. The zero-order valence-corrected chi connectivity index (χ0v) is 17.7. The molecule has 1 saturated carbocycles. The summed E-state index contributed by atoms with van der Waals surface area (Å²) in [5.41, 5.74) is 13.9. The van der Waals surface area contributed by atoms with E-state index in [0.29, 0.717) is 12.8 Å². The van der Waals surface area contributed by atoms with Crippen molar-refractivity contribution in [2.45, 2.75) is 31.4 Å². The maximum absolute atomic E-state index is 9.73. The Hall–Kier alpha value is -3.61. The van der Waals surface area contributed by atoms with Gasteiger partial charge in [-0.15, -0.1) is 0 Å². The third-order valence-corrected chi connectivity index (χ3v) is 6.56. The predicted octanol–water partition coefficient (Wildman–Crippen LogP) is 4.23. The van der Waals surface area contributed by atoms with Crippen molar-refractivity contribution in [1.82, 2.24) is 19.6 Å². The van der Waals surface area contributed by atoms with E-state index in [1.807, 2.05) is 18.3 Å². The Morgan fingerprint density at radius 1 is 1.03 bits per heavy atom. The molecule has 158 valence electrons. The van der Waals surface area contributed by atoms with E-state index in [2.05, 4.69) is 65.5 Å². The number of fused-ring (bicyclic) bond motifs is 3. The highest BCUT2D eigenvalue weighted by Gasteiger charge is 2.41. The summed E-state index contributed by atoms with van der Waals surface area (Å²) in [7, 11) is 0. The lowest BCUT2D eigenvalue weighted by Crippen LogP contribution is -2.51. The van der Waals surface area contributed by atoms with E-state index in [-0.39, 0.29) is 6.10 Å². The van der Waals surface area contributed by atoms with Gasteiger partial charge >= 0.3 is 0 Å². The number of pyridine rings is 1. The normalized spacial score (nSPS) is 20.5. The van der Waals surface area contributed by atoms with Crippen LogP contribution in [0.2, 0.25) is 0 Å². The van der Waals surface area contributed by atoms with Crippen LogP contribution in [0.25, 0.3) is 39.1 Å². The molecule has 0 radical (unpaired) electrons. The van der Waals surface area contributed by atoms with Gasteiger partial charge in [-0.2, -0.15) is 9.61 Å². The number of aryl methyl sites for hydroxylation is 1. The Morgan fingerprint density at radius 3 is 2.56 bits per heavy atom. The first kappa shape index (κ1) is 19.1. The lowest BCUT2D eigenvalue weighted by atomic mass is 9.70. The molecule has 1 aliphatic rings. The summed E-state index contributed by atoms with van der Waals surface area (Å²) in [6.45, 7) is 2.11. The van der Waals surface area contributed by atoms with Gasteiger partial charge in [0.15, 0.2) is 11.3 Å². The number of nitrogens with two attached hydrogens (primary N) is 1. The van der Waals surface area contributed by atoms with Crippen LogP contribution in [-0.2, 0) is 5.54 Å². The summed E-state index contributed by atoms with van der Waals surface area (Å²) in [6, 6.07) is 20.6. The van der Waals surface area contributed by atoms with Crippen LogP contribution in [0.3, 0.4) is 0 Å². The Balaban J connectivity index is 1.57. The fourth-order valence-corrected chi connectivity index (χ4v) is 4.75. The fraction of sp³-hybridized carbons (Fsp3) is 0.192. The van der Waals surface area contributed by atoms with E-state index in [1.165, 1.54) is 5.56 Å².